The molecule has 4 heterocycles. The third-order valence-corrected chi connectivity index (χ3v) is 13.7. The second-order valence-corrected chi connectivity index (χ2v) is 18.1. The Labute approximate surface area is 385 Å². The van der Waals surface area contributed by atoms with E-state index < -0.39 is 5.82 Å². The van der Waals surface area contributed by atoms with Crippen molar-refractivity contribution >= 4 is 34.7 Å². The summed E-state index contributed by atoms with van der Waals surface area (Å²) in [7, 11) is 1.79. The zero-order chi connectivity index (χ0) is 46.1. The topological polar surface area (TPSA) is 121 Å². The van der Waals surface area contributed by atoms with Gasteiger partial charge in [0.25, 0.3) is 11.8 Å². The fraction of sp³-hybridized carbons (Fsp3) is 0.358. The van der Waals surface area contributed by atoms with E-state index in [0.29, 0.717) is 79.6 Å². The first-order valence-electron chi connectivity index (χ1n) is 23.0. The minimum Gasteiger partial charge on any atom is -0.508 e. The van der Waals surface area contributed by atoms with Gasteiger partial charge in [0.2, 0.25) is 5.91 Å². The number of halogens is 1. The van der Waals surface area contributed by atoms with E-state index in [4.69, 9.17) is 9.47 Å². The van der Waals surface area contributed by atoms with Crippen LogP contribution in [-0.2, 0) is 53.7 Å². The molecule has 3 aliphatic heterocycles. The molecule has 0 radical (unpaired) electrons. The quantitative estimate of drug-likeness (QED) is 0.143. The van der Waals surface area contributed by atoms with E-state index in [1.165, 1.54) is 11.6 Å². The van der Waals surface area contributed by atoms with Crippen LogP contribution < -0.4 is 9.64 Å². The molecule has 1 aromatic heterocycles. The van der Waals surface area contributed by atoms with Crippen molar-refractivity contribution in [2.75, 3.05) is 50.9 Å². The standard InChI is InChI=1S/C53H57FN6O6/c1-34-23-41(26-47(36(34)3)53(64)60(44-30-55-56(4)33-44)43-10-12-45(61)13-11-43)48-25-38-15-16-58(31-42(38)27-49(48)52(63)59-32-40-8-6-5-7-37(40)24-35(59)2)51(62)28-39-9-14-46(29-50(39)54)66-22-19-57-17-20-65-21-18-57/h5-14,25-27,29-30,33-35,61H,15-24,28,31-32H2,1-4H3/t34?,35-/m1/s1. The molecule has 1 N–H and O–H groups in total. The molecule has 0 spiro atoms. The number of aromatic hydroxyl groups is 1. The number of benzene rings is 4. The second kappa shape index (κ2) is 19.1. The summed E-state index contributed by atoms with van der Waals surface area (Å²) in [4.78, 5) is 51.5. The number of hydrogen-bond donors (Lipinski definition) is 1. The average Bonchev–Trinajstić information content (AvgIpc) is 3.75. The molecule has 1 fully saturated rings. The molecular formula is C53H57FN6O6. The van der Waals surface area contributed by atoms with Gasteiger partial charge >= 0.3 is 0 Å². The Balaban J connectivity index is 1.01. The van der Waals surface area contributed by atoms with Gasteiger partial charge < -0.3 is 24.4 Å². The molecule has 9 rings (SSSR count). The predicted octanol–water partition coefficient (Wildman–Crippen LogP) is 7.79. The van der Waals surface area contributed by atoms with Crippen LogP contribution in [0.2, 0.25) is 0 Å². The van der Waals surface area contributed by atoms with Crippen LogP contribution in [0.3, 0.4) is 0 Å². The Bertz CT molecular complexity index is 2720. The Morgan fingerprint density at radius 1 is 0.894 bits per heavy atom. The van der Waals surface area contributed by atoms with Crippen molar-refractivity contribution in [1.82, 2.24) is 24.5 Å². The van der Waals surface area contributed by atoms with Gasteiger partial charge in [-0.25, -0.2) is 4.39 Å². The number of phenolic OH excluding ortho intramolecular Hbond substituents is 1. The normalized spacial score (nSPS) is 18.7. The van der Waals surface area contributed by atoms with E-state index in [1.54, 1.807) is 70.3 Å². The number of anilines is 2. The number of aromatic nitrogens is 2. The number of phenols is 1. The van der Waals surface area contributed by atoms with Gasteiger partial charge in [0, 0.05) is 81.4 Å². The highest BCUT2D eigenvalue weighted by Gasteiger charge is 2.34. The first-order chi connectivity index (χ1) is 31.9. The summed E-state index contributed by atoms with van der Waals surface area (Å²) in [6.45, 7) is 11.6. The number of hydrogen-bond acceptors (Lipinski definition) is 8. The summed E-state index contributed by atoms with van der Waals surface area (Å²) >= 11 is 0. The van der Waals surface area contributed by atoms with Gasteiger partial charge in [0.15, 0.2) is 0 Å². The highest BCUT2D eigenvalue weighted by atomic mass is 19.1. The smallest absolute Gasteiger partial charge is 0.262 e. The molecule has 342 valence electrons. The summed E-state index contributed by atoms with van der Waals surface area (Å²) in [6, 6.07) is 23.5. The summed E-state index contributed by atoms with van der Waals surface area (Å²) in [5.41, 5.74) is 9.34. The van der Waals surface area contributed by atoms with Crippen LogP contribution in [0.5, 0.6) is 11.5 Å². The first kappa shape index (κ1) is 44.6. The molecule has 66 heavy (non-hydrogen) atoms. The molecule has 2 atom stereocenters. The van der Waals surface area contributed by atoms with Gasteiger partial charge in [-0.15, -0.1) is 0 Å². The van der Waals surface area contributed by atoms with E-state index in [9.17, 15) is 14.7 Å². The minimum absolute atomic E-state index is 0.0245. The summed E-state index contributed by atoms with van der Waals surface area (Å²) in [5, 5.41) is 14.5. The molecular weight excluding hydrogens is 836 g/mol. The van der Waals surface area contributed by atoms with Crippen molar-refractivity contribution < 1.29 is 33.4 Å². The Morgan fingerprint density at radius 3 is 2.41 bits per heavy atom. The van der Waals surface area contributed by atoms with Crippen LogP contribution >= 0.6 is 0 Å². The predicted molar refractivity (Wildman–Crippen MR) is 251 cm³/mol. The van der Waals surface area contributed by atoms with Crippen molar-refractivity contribution in [3.8, 4) is 11.5 Å². The SMILES string of the molecule is CC1=C(C(=O)N(c2ccc(O)cc2)c2cnn(C)c2)C=C(c2cc3c(cc2C(=O)N2Cc4ccccc4C[C@H]2C)CN(C(=O)Cc2ccc(OCCN4CCOCC4)cc2F)CC3)CC1C. The molecule has 5 aromatic rings. The fourth-order valence-corrected chi connectivity index (χ4v) is 9.67. The van der Waals surface area contributed by atoms with Crippen LogP contribution in [0.15, 0.2) is 108 Å². The lowest BCUT2D eigenvalue weighted by atomic mass is 9.79. The number of rotatable bonds is 11. The van der Waals surface area contributed by atoms with Gasteiger partial charge in [-0.05, 0) is 120 Å². The third kappa shape index (κ3) is 9.41. The van der Waals surface area contributed by atoms with E-state index in [1.807, 2.05) is 36.1 Å². The molecule has 4 aliphatic rings. The van der Waals surface area contributed by atoms with Gasteiger partial charge in [0.1, 0.15) is 23.9 Å². The zero-order valence-electron chi connectivity index (χ0n) is 38.1. The number of aryl methyl sites for hydroxylation is 1. The molecule has 1 aliphatic carbocycles. The number of allylic oxidation sites excluding steroid dienone is 2. The molecule has 0 saturated carbocycles. The van der Waals surface area contributed by atoms with E-state index >= 15 is 9.18 Å². The summed E-state index contributed by atoms with van der Waals surface area (Å²) in [5.74, 6) is -0.550. The molecule has 1 unspecified atom stereocenters. The lowest BCUT2D eigenvalue weighted by molar-refractivity contribution is -0.131. The van der Waals surface area contributed by atoms with Crippen molar-refractivity contribution in [3.63, 3.8) is 0 Å². The number of carbonyl (C=O) groups is 3. The molecule has 12 nitrogen and oxygen atoms in total. The monoisotopic (exact) mass is 892 g/mol. The Morgan fingerprint density at radius 2 is 1.67 bits per heavy atom. The van der Waals surface area contributed by atoms with Gasteiger partial charge in [-0.2, -0.15) is 5.10 Å². The maximum absolute atomic E-state index is 15.5. The minimum atomic E-state index is -0.483. The fourth-order valence-electron chi connectivity index (χ4n) is 9.67. The molecule has 4 aromatic carbocycles. The molecule has 1 saturated heterocycles. The highest BCUT2D eigenvalue weighted by Crippen LogP contribution is 2.41. The number of amides is 3. The molecule has 3 amide bonds. The van der Waals surface area contributed by atoms with Crippen LogP contribution in [0.25, 0.3) is 5.57 Å². The Kier molecular flexibility index (Phi) is 12.9. The van der Waals surface area contributed by atoms with Gasteiger partial charge in [-0.3, -0.25) is 28.9 Å². The maximum Gasteiger partial charge on any atom is 0.262 e. The summed E-state index contributed by atoms with van der Waals surface area (Å²) < 4.78 is 28.4. The van der Waals surface area contributed by atoms with Crippen molar-refractivity contribution in [1.29, 1.82) is 0 Å². The second-order valence-electron chi connectivity index (χ2n) is 18.1. The number of ether oxygens (including phenoxy) is 2. The van der Waals surface area contributed by atoms with Crippen LogP contribution in [0.1, 0.15) is 70.9 Å². The number of fused-ring (bicyclic) bond motifs is 2. The van der Waals surface area contributed by atoms with Crippen LogP contribution in [0, 0.1) is 11.7 Å². The molecule has 0 bridgehead atoms. The Hall–Kier alpha value is -6.57. The maximum atomic E-state index is 15.5. The summed E-state index contributed by atoms with van der Waals surface area (Å²) in [6.07, 6.45) is 7.15. The van der Waals surface area contributed by atoms with Crippen molar-refractivity contribution in [2.24, 2.45) is 13.0 Å². The van der Waals surface area contributed by atoms with Crippen LogP contribution in [-0.4, -0.2) is 99.3 Å². The van der Waals surface area contributed by atoms with E-state index in [0.717, 1.165) is 59.5 Å². The van der Waals surface area contributed by atoms with Gasteiger partial charge in [-0.1, -0.05) is 48.9 Å². The number of carbonyl (C=O) groups excluding carboxylic acids is 3. The van der Waals surface area contributed by atoms with E-state index in [2.05, 4.69) is 42.0 Å². The number of morpholine rings is 1. The molecule has 13 heteroatoms. The third-order valence-electron chi connectivity index (χ3n) is 13.7. The lowest BCUT2D eigenvalue weighted by Crippen LogP contribution is -2.43. The van der Waals surface area contributed by atoms with Crippen LogP contribution in [0.4, 0.5) is 15.8 Å². The zero-order valence-corrected chi connectivity index (χ0v) is 38.1. The largest absolute Gasteiger partial charge is 0.508 e. The first-order valence-corrected chi connectivity index (χ1v) is 23.0. The van der Waals surface area contributed by atoms with Gasteiger partial charge in [0.05, 0.1) is 31.5 Å². The average molecular weight is 893 g/mol. The van der Waals surface area contributed by atoms with E-state index in [-0.39, 0.29) is 48.4 Å². The lowest BCUT2D eigenvalue weighted by Gasteiger charge is -2.36. The number of nitrogens with zero attached hydrogens (tertiary/aromatic N) is 6. The highest BCUT2D eigenvalue weighted by molar-refractivity contribution is 6.14. The van der Waals surface area contributed by atoms with Crippen molar-refractivity contribution in [2.45, 2.75) is 65.6 Å². The van der Waals surface area contributed by atoms with Crippen molar-refractivity contribution in [3.05, 3.63) is 153 Å².